The predicted octanol–water partition coefficient (Wildman–Crippen LogP) is 0.353. The van der Waals surface area contributed by atoms with Crippen LogP contribution < -0.4 is 0 Å². The molecule has 0 aliphatic carbocycles. The maximum absolute atomic E-state index is 10.5. The van der Waals surface area contributed by atoms with E-state index in [1.165, 1.54) is 0 Å². The molecule has 0 amide bonds. The van der Waals surface area contributed by atoms with Crippen LogP contribution in [0.2, 0.25) is 0 Å². The zero-order chi connectivity index (χ0) is 10.6. The highest BCUT2D eigenvalue weighted by Crippen LogP contribution is 1.83. The Morgan fingerprint density at radius 1 is 1.21 bits per heavy atom. The van der Waals surface area contributed by atoms with Crippen molar-refractivity contribution in [2.24, 2.45) is 0 Å². The van der Waals surface area contributed by atoms with Crippen LogP contribution in [0.1, 0.15) is 0 Å². The van der Waals surface area contributed by atoms with Gasteiger partial charge in [0.1, 0.15) is 0 Å². The van der Waals surface area contributed by atoms with E-state index < -0.39 is 5.97 Å². The molecule has 5 heteroatoms. The molecule has 0 radical (unpaired) electrons. The van der Waals surface area contributed by atoms with Gasteiger partial charge in [0, 0.05) is 13.2 Å². The van der Waals surface area contributed by atoms with Gasteiger partial charge in [0.2, 0.25) is 0 Å². The number of rotatable bonds is 9. The molecule has 82 valence electrons. The van der Waals surface area contributed by atoms with Crippen LogP contribution in [0.3, 0.4) is 0 Å². The summed E-state index contributed by atoms with van der Waals surface area (Å²) in [6.07, 6.45) is 1.08. The predicted molar refractivity (Wildman–Crippen MR) is 49.8 cm³/mol. The average molecular weight is 204 g/mol. The molecule has 0 aromatic carbocycles. The quantitative estimate of drug-likeness (QED) is 0.235. The second-order valence-electron chi connectivity index (χ2n) is 2.30. The van der Waals surface area contributed by atoms with E-state index in [-0.39, 0.29) is 6.79 Å². The van der Waals surface area contributed by atoms with Crippen LogP contribution in [0.4, 0.5) is 0 Å². The van der Waals surface area contributed by atoms with E-state index in [2.05, 4.69) is 11.3 Å². The van der Waals surface area contributed by atoms with Crippen molar-refractivity contribution in [3.05, 3.63) is 12.7 Å². The minimum Gasteiger partial charge on any atom is -0.435 e. The fraction of sp³-hybridized carbons (Fsp3) is 0.667. The van der Waals surface area contributed by atoms with Crippen molar-refractivity contribution in [1.82, 2.24) is 0 Å². The number of ether oxygens (including phenoxy) is 4. The first-order valence-corrected chi connectivity index (χ1v) is 4.25. The van der Waals surface area contributed by atoms with E-state index in [0.717, 1.165) is 6.08 Å². The third-order valence-corrected chi connectivity index (χ3v) is 1.25. The summed E-state index contributed by atoms with van der Waals surface area (Å²) in [5.41, 5.74) is 0. The summed E-state index contributed by atoms with van der Waals surface area (Å²) in [5, 5.41) is 0. The Morgan fingerprint density at radius 2 is 1.86 bits per heavy atom. The molecular weight excluding hydrogens is 188 g/mol. The molecule has 0 unspecified atom stereocenters. The van der Waals surface area contributed by atoms with Crippen molar-refractivity contribution in [1.29, 1.82) is 0 Å². The molecule has 0 fully saturated rings. The van der Waals surface area contributed by atoms with Crippen LogP contribution in [0.15, 0.2) is 12.7 Å². The van der Waals surface area contributed by atoms with Crippen LogP contribution in [0.5, 0.6) is 0 Å². The summed E-state index contributed by atoms with van der Waals surface area (Å²) in [6, 6.07) is 0. The standard InChI is InChI=1S/C9H16O5/c1-3-9(10)14-8-13-7-6-12-5-4-11-2/h3H,1,4-8H2,2H3. The molecule has 0 aromatic rings. The molecule has 14 heavy (non-hydrogen) atoms. The minimum atomic E-state index is -0.495. The lowest BCUT2D eigenvalue weighted by Gasteiger charge is -2.05. The highest BCUT2D eigenvalue weighted by atomic mass is 16.7. The topological polar surface area (TPSA) is 54.0 Å². The van der Waals surface area contributed by atoms with Crippen molar-refractivity contribution in [3.63, 3.8) is 0 Å². The SMILES string of the molecule is C=CC(=O)OCOCCOCCOC. The van der Waals surface area contributed by atoms with Gasteiger partial charge >= 0.3 is 5.97 Å². The molecule has 0 aromatic heterocycles. The Labute approximate surface area is 83.6 Å². The summed E-state index contributed by atoms with van der Waals surface area (Å²) < 4.78 is 19.4. The van der Waals surface area contributed by atoms with Crippen molar-refractivity contribution < 1.29 is 23.7 Å². The van der Waals surface area contributed by atoms with E-state index in [4.69, 9.17) is 14.2 Å². The molecule has 0 spiro atoms. The molecule has 0 rings (SSSR count). The molecule has 0 aliphatic heterocycles. The van der Waals surface area contributed by atoms with Gasteiger partial charge in [-0.3, -0.25) is 0 Å². The van der Waals surface area contributed by atoms with E-state index in [9.17, 15) is 4.79 Å². The zero-order valence-electron chi connectivity index (χ0n) is 8.36. The van der Waals surface area contributed by atoms with E-state index in [1.54, 1.807) is 7.11 Å². The summed E-state index contributed by atoms with van der Waals surface area (Å²) in [6.45, 7) is 5.10. The third kappa shape index (κ3) is 9.18. The Morgan fingerprint density at radius 3 is 2.50 bits per heavy atom. The Bertz CT molecular complexity index is 157. The molecule has 0 N–H and O–H groups in total. The van der Waals surface area contributed by atoms with Gasteiger partial charge in [-0.05, 0) is 0 Å². The molecule has 0 aliphatic rings. The molecule has 0 heterocycles. The summed E-state index contributed by atoms with van der Waals surface area (Å²) in [5.74, 6) is -0.495. The van der Waals surface area contributed by atoms with Gasteiger partial charge in [0.25, 0.3) is 0 Å². The van der Waals surface area contributed by atoms with Gasteiger partial charge in [0.15, 0.2) is 6.79 Å². The molecule has 0 saturated heterocycles. The molecule has 0 atom stereocenters. The molecular formula is C9H16O5. The normalized spacial score (nSPS) is 9.79. The number of hydrogen-bond donors (Lipinski definition) is 0. The number of carbonyl (C=O) groups excluding carboxylic acids is 1. The maximum atomic E-state index is 10.5. The summed E-state index contributed by atoms with van der Waals surface area (Å²) in [4.78, 5) is 10.5. The Hall–Kier alpha value is -0.910. The highest BCUT2D eigenvalue weighted by molar-refractivity contribution is 5.81. The van der Waals surface area contributed by atoms with Crippen LogP contribution in [-0.4, -0.2) is 46.3 Å². The first-order valence-electron chi connectivity index (χ1n) is 4.25. The van der Waals surface area contributed by atoms with E-state index in [0.29, 0.717) is 26.4 Å². The zero-order valence-corrected chi connectivity index (χ0v) is 8.36. The lowest BCUT2D eigenvalue weighted by molar-refractivity contribution is -0.151. The Balaban J connectivity index is 2.99. The number of hydrogen-bond acceptors (Lipinski definition) is 5. The van der Waals surface area contributed by atoms with Gasteiger partial charge in [0.05, 0.1) is 26.4 Å². The van der Waals surface area contributed by atoms with Gasteiger partial charge < -0.3 is 18.9 Å². The van der Waals surface area contributed by atoms with Crippen LogP contribution in [0.25, 0.3) is 0 Å². The number of esters is 1. The molecule has 0 bridgehead atoms. The number of carbonyl (C=O) groups is 1. The van der Waals surface area contributed by atoms with E-state index in [1.807, 2.05) is 0 Å². The first-order chi connectivity index (χ1) is 6.81. The first kappa shape index (κ1) is 13.1. The maximum Gasteiger partial charge on any atom is 0.332 e. The lowest BCUT2D eigenvalue weighted by Crippen LogP contribution is -2.11. The third-order valence-electron chi connectivity index (χ3n) is 1.25. The van der Waals surface area contributed by atoms with Crippen LogP contribution in [0, 0.1) is 0 Å². The lowest BCUT2D eigenvalue weighted by atomic mass is 10.7. The van der Waals surface area contributed by atoms with Gasteiger partial charge in [-0.1, -0.05) is 6.58 Å². The van der Waals surface area contributed by atoms with E-state index >= 15 is 0 Å². The van der Waals surface area contributed by atoms with Crippen LogP contribution in [-0.2, 0) is 23.7 Å². The van der Waals surface area contributed by atoms with Crippen molar-refractivity contribution in [2.45, 2.75) is 0 Å². The molecule has 0 saturated carbocycles. The van der Waals surface area contributed by atoms with Gasteiger partial charge in [-0.2, -0.15) is 0 Å². The van der Waals surface area contributed by atoms with Crippen molar-refractivity contribution >= 4 is 5.97 Å². The largest absolute Gasteiger partial charge is 0.435 e. The average Bonchev–Trinajstić information content (AvgIpc) is 2.21. The highest BCUT2D eigenvalue weighted by Gasteiger charge is 1.94. The second-order valence-corrected chi connectivity index (χ2v) is 2.30. The number of methoxy groups -OCH3 is 1. The fourth-order valence-corrected chi connectivity index (χ4v) is 0.580. The van der Waals surface area contributed by atoms with Crippen molar-refractivity contribution in [3.8, 4) is 0 Å². The minimum absolute atomic E-state index is 0.0709. The monoisotopic (exact) mass is 204 g/mol. The van der Waals surface area contributed by atoms with Gasteiger partial charge in [-0.15, -0.1) is 0 Å². The van der Waals surface area contributed by atoms with Crippen molar-refractivity contribution in [2.75, 3.05) is 40.3 Å². The van der Waals surface area contributed by atoms with Crippen LogP contribution >= 0.6 is 0 Å². The van der Waals surface area contributed by atoms with Gasteiger partial charge in [-0.25, -0.2) is 4.79 Å². The second kappa shape index (κ2) is 10.2. The summed E-state index contributed by atoms with van der Waals surface area (Å²) >= 11 is 0. The molecule has 5 nitrogen and oxygen atoms in total. The fourth-order valence-electron chi connectivity index (χ4n) is 0.580. The summed E-state index contributed by atoms with van der Waals surface area (Å²) in [7, 11) is 1.61. The smallest absolute Gasteiger partial charge is 0.332 e. The Kier molecular flexibility index (Phi) is 9.51.